The normalized spacial score (nSPS) is 20.7. The molecule has 0 unspecified atom stereocenters. The van der Waals surface area contributed by atoms with E-state index in [1.54, 1.807) is 0 Å². The van der Waals surface area contributed by atoms with Crippen molar-refractivity contribution in [1.29, 1.82) is 0 Å². The number of amides is 2. The molecule has 0 aliphatic carbocycles. The van der Waals surface area contributed by atoms with Crippen molar-refractivity contribution in [2.75, 3.05) is 43.9 Å². The zero-order valence-electron chi connectivity index (χ0n) is 24.9. The molecule has 42 heavy (non-hydrogen) atoms. The number of nitrogens with one attached hydrogen (secondary N) is 2. The highest BCUT2D eigenvalue weighted by atomic mass is 16.7. The maximum atomic E-state index is 13.5. The Bertz CT molecular complexity index is 1530. The van der Waals surface area contributed by atoms with Gasteiger partial charge in [-0.25, -0.2) is 0 Å². The average molecular weight is 564 g/mol. The lowest BCUT2D eigenvalue weighted by Gasteiger charge is -2.32. The zero-order valence-corrected chi connectivity index (χ0v) is 24.9. The number of hydrogen-bond acceptors (Lipinski definition) is 6. The average Bonchev–Trinajstić information content (AvgIpc) is 3.42. The molecule has 8 nitrogen and oxygen atoms in total. The smallest absolute Gasteiger partial charge is 0.399 e. The highest BCUT2D eigenvalue weighted by molar-refractivity contribution is 6.62. The van der Waals surface area contributed by atoms with Gasteiger partial charge in [0, 0.05) is 48.7 Å². The molecule has 3 aliphatic rings. The number of carbonyl (C=O) groups excluding carboxylic acids is 2. The topological polar surface area (TPSA) is 83.1 Å². The summed E-state index contributed by atoms with van der Waals surface area (Å²) in [6, 6.07) is 23.1. The van der Waals surface area contributed by atoms with Gasteiger partial charge in [-0.3, -0.25) is 9.59 Å². The minimum atomic E-state index is -0.524. The maximum Gasteiger partial charge on any atom is 0.494 e. The van der Waals surface area contributed by atoms with Gasteiger partial charge in [0.1, 0.15) is 0 Å². The van der Waals surface area contributed by atoms with Crippen molar-refractivity contribution in [3.8, 4) is 0 Å². The molecule has 9 heteroatoms. The summed E-state index contributed by atoms with van der Waals surface area (Å²) >= 11 is 0. The molecule has 3 heterocycles. The first-order valence-electron chi connectivity index (χ1n) is 14.5. The minimum Gasteiger partial charge on any atom is -0.399 e. The predicted molar refractivity (Wildman–Crippen MR) is 168 cm³/mol. The Morgan fingerprint density at radius 1 is 0.857 bits per heavy atom. The molecular weight excluding hydrogens is 527 g/mol. The Morgan fingerprint density at radius 2 is 1.50 bits per heavy atom. The molecule has 0 radical (unpaired) electrons. The van der Waals surface area contributed by atoms with Crippen LogP contribution in [0.3, 0.4) is 0 Å². The summed E-state index contributed by atoms with van der Waals surface area (Å²) in [5, 5.41) is 6.54. The lowest BCUT2D eigenvalue weighted by Crippen LogP contribution is -2.47. The van der Waals surface area contributed by atoms with Crippen molar-refractivity contribution in [3.05, 3.63) is 89.5 Å². The summed E-state index contributed by atoms with van der Waals surface area (Å²) in [7, 11) is 1.55. The van der Waals surface area contributed by atoms with E-state index in [9.17, 15) is 9.59 Å². The van der Waals surface area contributed by atoms with Gasteiger partial charge >= 0.3 is 7.12 Å². The van der Waals surface area contributed by atoms with Gasteiger partial charge in [0.15, 0.2) is 0 Å². The van der Waals surface area contributed by atoms with Crippen LogP contribution < -0.4 is 16.1 Å². The molecule has 3 aromatic rings. The van der Waals surface area contributed by atoms with Gasteiger partial charge < -0.3 is 29.7 Å². The summed E-state index contributed by atoms with van der Waals surface area (Å²) in [5.41, 5.74) is 5.00. The van der Waals surface area contributed by atoms with Gasteiger partial charge in [-0.15, -0.1) is 0 Å². The third-order valence-corrected chi connectivity index (χ3v) is 8.82. The van der Waals surface area contributed by atoms with Crippen LogP contribution >= 0.6 is 0 Å². The fourth-order valence-electron chi connectivity index (χ4n) is 5.48. The van der Waals surface area contributed by atoms with E-state index in [-0.39, 0.29) is 11.8 Å². The van der Waals surface area contributed by atoms with Crippen LogP contribution in [0.15, 0.2) is 72.8 Å². The molecular formula is C33H37BN4O4. The van der Waals surface area contributed by atoms with Gasteiger partial charge in [0.2, 0.25) is 0 Å². The summed E-state index contributed by atoms with van der Waals surface area (Å²) in [6.45, 7) is 11.3. The molecule has 0 atom stereocenters. The lowest BCUT2D eigenvalue weighted by molar-refractivity contribution is -0.110. The number of carbonyl (C=O) groups is 2. The summed E-state index contributed by atoms with van der Waals surface area (Å²) in [5.74, 6) is -0.150. The van der Waals surface area contributed by atoms with Crippen molar-refractivity contribution in [3.63, 3.8) is 0 Å². The van der Waals surface area contributed by atoms with E-state index >= 15 is 0 Å². The largest absolute Gasteiger partial charge is 0.494 e. The monoisotopic (exact) mass is 564 g/mol. The van der Waals surface area contributed by atoms with E-state index in [0.29, 0.717) is 22.5 Å². The first-order valence-corrected chi connectivity index (χ1v) is 14.5. The van der Waals surface area contributed by atoms with Crippen LogP contribution in [0.5, 0.6) is 0 Å². The van der Waals surface area contributed by atoms with Gasteiger partial charge in [-0.2, -0.15) is 0 Å². The van der Waals surface area contributed by atoms with Crippen LogP contribution in [0.1, 0.15) is 49.2 Å². The number of nitrogens with zero attached hydrogens (tertiary/aromatic N) is 2. The number of hydrogen-bond donors (Lipinski definition) is 2. The second-order valence-electron chi connectivity index (χ2n) is 12.3. The van der Waals surface area contributed by atoms with Crippen LogP contribution in [-0.4, -0.2) is 73.2 Å². The SMILES string of the molecule is CN1CCN(C(=O)c2ccc(N/C(=C3\C(=O)Nc4cc(B5OC(C)(C)C(C)(C)O5)ccc43)c3ccccc3)cc2)CC1. The number of rotatable bonds is 5. The van der Waals surface area contributed by atoms with Gasteiger partial charge in [-0.05, 0) is 76.1 Å². The number of piperazine rings is 1. The van der Waals surface area contributed by atoms with Crippen molar-refractivity contribution in [2.24, 2.45) is 0 Å². The minimum absolute atomic E-state index is 0.0400. The predicted octanol–water partition coefficient (Wildman–Crippen LogP) is 4.31. The van der Waals surface area contributed by atoms with E-state index in [4.69, 9.17) is 9.31 Å². The van der Waals surface area contributed by atoms with Crippen LogP contribution in [-0.2, 0) is 14.1 Å². The molecule has 2 fully saturated rings. The van der Waals surface area contributed by atoms with Crippen molar-refractivity contribution < 1.29 is 18.9 Å². The molecule has 3 aromatic carbocycles. The van der Waals surface area contributed by atoms with Crippen LogP contribution in [0.2, 0.25) is 0 Å². The van der Waals surface area contributed by atoms with Crippen molar-refractivity contribution in [2.45, 2.75) is 38.9 Å². The lowest BCUT2D eigenvalue weighted by atomic mass is 9.78. The zero-order chi connectivity index (χ0) is 29.6. The Balaban J connectivity index is 1.31. The summed E-state index contributed by atoms with van der Waals surface area (Å²) < 4.78 is 12.5. The Kier molecular flexibility index (Phi) is 7.21. The third-order valence-electron chi connectivity index (χ3n) is 8.82. The Hall–Kier alpha value is -3.92. The standard InChI is InChI=1S/C33H37BN4O4/c1-32(2)33(3,4)42-34(41-32)24-13-16-26-27(21-24)36-30(39)28(26)29(22-9-7-6-8-10-22)35-25-14-11-23(12-15-25)31(40)38-19-17-37(5)18-20-38/h6-16,21,35H,17-20H2,1-5H3,(H,36,39)/b29-28-. The van der Waals surface area contributed by atoms with E-state index in [1.165, 1.54) is 0 Å². The van der Waals surface area contributed by atoms with E-state index in [1.807, 2.05) is 105 Å². The number of fused-ring (bicyclic) bond motifs is 1. The van der Waals surface area contributed by atoms with Gasteiger partial charge in [0.05, 0.1) is 22.5 Å². The van der Waals surface area contributed by atoms with Crippen LogP contribution in [0.25, 0.3) is 11.3 Å². The highest BCUT2D eigenvalue weighted by Crippen LogP contribution is 2.39. The molecule has 6 rings (SSSR count). The molecule has 2 amide bonds. The number of likely N-dealkylation sites (N-methyl/N-ethyl adjacent to an activating group) is 1. The molecule has 0 aromatic heterocycles. The van der Waals surface area contributed by atoms with Crippen LogP contribution in [0.4, 0.5) is 11.4 Å². The van der Waals surface area contributed by atoms with Gasteiger partial charge in [-0.1, -0.05) is 42.5 Å². The fraction of sp³-hybridized carbons (Fsp3) is 0.333. The molecule has 2 N–H and O–H groups in total. The highest BCUT2D eigenvalue weighted by Gasteiger charge is 2.52. The second kappa shape index (κ2) is 10.7. The first kappa shape index (κ1) is 28.2. The summed E-state index contributed by atoms with van der Waals surface area (Å²) in [6.07, 6.45) is 0. The molecule has 0 bridgehead atoms. The maximum absolute atomic E-state index is 13.5. The quantitative estimate of drug-likeness (QED) is 0.355. The molecule has 3 aliphatic heterocycles. The molecule has 0 saturated carbocycles. The number of benzene rings is 3. The van der Waals surface area contributed by atoms with Gasteiger partial charge in [0.25, 0.3) is 11.8 Å². The molecule has 216 valence electrons. The van der Waals surface area contributed by atoms with E-state index < -0.39 is 18.3 Å². The van der Waals surface area contributed by atoms with E-state index in [0.717, 1.165) is 48.5 Å². The second-order valence-corrected chi connectivity index (χ2v) is 12.3. The number of anilines is 2. The summed E-state index contributed by atoms with van der Waals surface area (Å²) in [4.78, 5) is 30.7. The third kappa shape index (κ3) is 5.24. The van der Waals surface area contributed by atoms with Crippen molar-refractivity contribution in [1.82, 2.24) is 9.80 Å². The molecule has 0 spiro atoms. The van der Waals surface area contributed by atoms with Crippen LogP contribution in [0, 0.1) is 0 Å². The van der Waals surface area contributed by atoms with Crippen molar-refractivity contribution >= 4 is 47.0 Å². The Morgan fingerprint density at radius 3 is 2.14 bits per heavy atom. The first-order chi connectivity index (χ1) is 20.0. The Labute approximate surface area is 247 Å². The van der Waals surface area contributed by atoms with E-state index in [2.05, 4.69) is 22.6 Å². The fourth-order valence-corrected chi connectivity index (χ4v) is 5.48. The molecule has 2 saturated heterocycles.